The number of rotatable bonds is 14. The number of H-pyrrole nitrogens is 1. The van der Waals surface area contributed by atoms with Gasteiger partial charge in [0, 0.05) is 38.6 Å². The van der Waals surface area contributed by atoms with Crippen LogP contribution in [0, 0.1) is 0 Å². The summed E-state index contributed by atoms with van der Waals surface area (Å²) in [5.41, 5.74) is 1.60. The van der Waals surface area contributed by atoms with Gasteiger partial charge in [0.25, 0.3) is 5.56 Å². The van der Waals surface area contributed by atoms with Crippen LogP contribution in [0.2, 0.25) is 0 Å². The fraction of sp³-hybridized carbons (Fsp3) is 0.407. The van der Waals surface area contributed by atoms with Crippen molar-refractivity contribution >= 4 is 5.91 Å². The predicted molar refractivity (Wildman–Crippen MR) is 139 cm³/mol. The lowest BCUT2D eigenvalue weighted by Gasteiger charge is -2.17. The van der Waals surface area contributed by atoms with Gasteiger partial charge in [-0.2, -0.15) is 0 Å². The molecule has 198 valence electrons. The average molecular weight is 511 g/mol. The molecule has 1 N–H and O–H groups in total. The van der Waals surface area contributed by atoms with Crippen LogP contribution in [0.25, 0.3) is 11.4 Å². The Balaban J connectivity index is 1.50. The highest BCUT2D eigenvalue weighted by molar-refractivity contribution is 5.76. The van der Waals surface area contributed by atoms with Gasteiger partial charge in [0.05, 0.1) is 20.8 Å². The molecule has 0 spiro atoms. The lowest BCUT2D eigenvalue weighted by Crippen LogP contribution is -2.30. The second kappa shape index (κ2) is 14.0. The predicted octanol–water partition coefficient (Wildman–Crippen LogP) is 2.90. The highest BCUT2D eigenvalue weighted by Gasteiger charge is 2.13. The number of hydrogen-bond donors (Lipinski definition) is 1. The first-order valence-electron chi connectivity index (χ1n) is 12.2. The van der Waals surface area contributed by atoms with E-state index >= 15 is 0 Å². The summed E-state index contributed by atoms with van der Waals surface area (Å²) in [6.07, 6.45) is 1.02. The molecule has 0 bridgehead atoms. The van der Waals surface area contributed by atoms with Crippen LogP contribution in [-0.2, 0) is 22.4 Å². The highest BCUT2D eigenvalue weighted by Crippen LogP contribution is 2.27. The standard InChI is InChI=1S/C27H34N4O6/c1-5-36-16-17-37-21-9-7-20(8-10-21)26-28-27(33)22(29-30-26)11-13-25(32)31(2)15-14-19-6-12-23(34-3)24(18-19)35-4/h6-10,12,18H,5,11,13-17H2,1-4H3,(H,28,30,33). The molecule has 0 saturated carbocycles. The summed E-state index contributed by atoms with van der Waals surface area (Å²) in [5.74, 6) is 2.28. The summed E-state index contributed by atoms with van der Waals surface area (Å²) in [7, 11) is 4.92. The largest absolute Gasteiger partial charge is 0.493 e. The number of methoxy groups -OCH3 is 2. The van der Waals surface area contributed by atoms with Crippen molar-refractivity contribution in [2.45, 2.75) is 26.2 Å². The second-order valence-corrected chi connectivity index (χ2v) is 8.27. The van der Waals surface area contributed by atoms with Crippen molar-refractivity contribution in [3.63, 3.8) is 0 Å². The van der Waals surface area contributed by atoms with Gasteiger partial charge in [0.15, 0.2) is 17.3 Å². The molecule has 1 amide bonds. The molecule has 0 saturated heterocycles. The van der Waals surface area contributed by atoms with Crippen molar-refractivity contribution in [1.82, 2.24) is 20.1 Å². The van der Waals surface area contributed by atoms with Crippen LogP contribution < -0.4 is 19.8 Å². The number of aromatic nitrogens is 3. The van der Waals surface area contributed by atoms with Crippen LogP contribution >= 0.6 is 0 Å². The molecule has 1 heterocycles. The molecule has 0 aliphatic rings. The van der Waals surface area contributed by atoms with Crippen LogP contribution in [0.3, 0.4) is 0 Å². The first kappa shape index (κ1) is 27.7. The van der Waals surface area contributed by atoms with E-state index in [1.54, 1.807) is 50.4 Å². The van der Waals surface area contributed by atoms with E-state index in [-0.39, 0.29) is 30.0 Å². The summed E-state index contributed by atoms with van der Waals surface area (Å²) in [6, 6.07) is 12.9. The van der Waals surface area contributed by atoms with Crippen LogP contribution in [-0.4, -0.2) is 73.6 Å². The van der Waals surface area contributed by atoms with E-state index in [4.69, 9.17) is 18.9 Å². The Kier molecular flexibility index (Phi) is 10.5. The Morgan fingerprint density at radius 1 is 0.973 bits per heavy atom. The van der Waals surface area contributed by atoms with Gasteiger partial charge < -0.3 is 28.8 Å². The van der Waals surface area contributed by atoms with Gasteiger partial charge in [-0.25, -0.2) is 0 Å². The lowest BCUT2D eigenvalue weighted by molar-refractivity contribution is -0.129. The first-order valence-corrected chi connectivity index (χ1v) is 12.2. The second-order valence-electron chi connectivity index (χ2n) is 8.27. The van der Waals surface area contributed by atoms with E-state index in [1.807, 2.05) is 25.1 Å². The molecule has 37 heavy (non-hydrogen) atoms. The number of aromatic amines is 1. The van der Waals surface area contributed by atoms with E-state index in [0.29, 0.717) is 61.4 Å². The van der Waals surface area contributed by atoms with Gasteiger partial charge in [-0.3, -0.25) is 9.59 Å². The molecule has 0 unspecified atom stereocenters. The Hall–Kier alpha value is -3.92. The molecule has 0 atom stereocenters. The minimum Gasteiger partial charge on any atom is -0.493 e. The molecule has 2 aromatic carbocycles. The molecular formula is C27H34N4O6. The van der Waals surface area contributed by atoms with E-state index < -0.39 is 0 Å². The van der Waals surface area contributed by atoms with Gasteiger partial charge in [-0.15, -0.1) is 10.2 Å². The van der Waals surface area contributed by atoms with Crippen molar-refractivity contribution < 1.29 is 23.7 Å². The van der Waals surface area contributed by atoms with Crippen LogP contribution in [0.5, 0.6) is 17.2 Å². The third kappa shape index (κ3) is 8.04. The van der Waals surface area contributed by atoms with Gasteiger partial charge in [0.2, 0.25) is 5.91 Å². The van der Waals surface area contributed by atoms with Crippen molar-refractivity contribution in [3.8, 4) is 28.6 Å². The van der Waals surface area contributed by atoms with Crippen LogP contribution in [0.1, 0.15) is 24.6 Å². The summed E-state index contributed by atoms with van der Waals surface area (Å²) in [6.45, 7) is 4.09. The quantitative estimate of drug-likeness (QED) is 0.329. The average Bonchev–Trinajstić information content (AvgIpc) is 2.93. The number of hydrogen-bond acceptors (Lipinski definition) is 8. The summed E-state index contributed by atoms with van der Waals surface area (Å²) in [4.78, 5) is 29.5. The van der Waals surface area contributed by atoms with Crippen molar-refractivity contribution in [2.75, 3.05) is 47.6 Å². The number of nitrogens with zero attached hydrogens (tertiary/aromatic N) is 3. The van der Waals surface area contributed by atoms with Gasteiger partial charge >= 0.3 is 0 Å². The molecule has 0 radical (unpaired) electrons. The van der Waals surface area contributed by atoms with Crippen molar-refractivity contribution in [3.05, 3.63) is 64.1 Å². The fourth-order valence-electron chi connectivity index (χ4n) is 3.60. The first-order chi connectivity index (χ1) is 17.9. The topological polar surface area (TPSA) is 116 Å². The fourth-order valence-corrected chi connectivity index (χ4v) is 3.60. The number of carbonyl (C=O) groups is 1. The Morgan fingerprint density at radius 3 is 2.41 bits per heavy atom. The van der Waals surface area contributed by atoms with Crippen LogP contribution in [0.4, 0.5) is 0 Å². The summed E-state index contributed by atoms with van der Waals surface area (Å²) in [5, 5.41) is 8.21. The zero-order chi connectivity index (χ0) is 26.6. The maximum absolute atomic E-state index is 12.6. The molecule has 0 fully saturated rings. The van der Waals surface area contributed by atoms with E-state index in [2.05, 4.69) is 15.2 Å². The molecule has 3 aromatic rings. The Labute approximate surface area is 216 Å². The minimum absolute atomic E-state index is 0.0781. The third-order valence-corrected chi connectivity index (χ3v) is 5.78. The molecule has 1 aromatic heterocycles. The maximum atomic E-state index is 12.6. The van der Waals surface area contributed by atoms with E-state index in [1.165, 1.54) is 0 Å². The number of carbonyl (C=O) groups excluding carboxylic acids is 1. The molecule has 3 rings (SSSR count). The Morgan fingerprint density at radius 2 is 1.73 bits per heavy atom. The van der Waals surface area contributed by atoms with Crippen molar-refractivity contribution in [1.29, 1.82) is 0 Å². The number of ether oxygens (including phenoxy) is 4. The van der Waals surface area contributed by atoms with E-state index in [0.717, 1.165) is 5.56 Å². The van der Waals surface area contributed by atoms with Gasteiger partial charge in [0.1, 0.15) is 18.1 Å². The maximum Gasteiger partial charge on any atom is 0.273 e. The summed E-state index contributed by atoms with van der Waals surface area (Å²) >= 11 is 0. The van der Waals surface area contributed by atoms with Gasteiger partial charge in [-0.1, -0.05) is 6.07 Å². The molecular weight excluding hydrogens is 476 g/mol. The monoisotopic (exact) mass is 510 g/mol. The zero-order valence-electron chi connectivity index (χ0n) is 21.8. The number of aryl methyl sites for hydroxylation is 1. The highest BCUT2D eigenvalue weighted by atomic mass is 16.5. The zero-order valence-corrected chi connectivity index (χ0v) is 21.8. The molecule has 10 heteroatoms. The molecule has 10 nitrogen and oxygen atoms in total. The SMILES string of the molecule is CCOCCOc1ccc(-c2nnc(CCC(=O)N(C)CCc3ccc(OC)c(OC)c3)c(=O)[nH]2)cc1. The summed E-state index contributed by atoms with van der Waals surface area (Å²) < 4.78 is 21.4. The number of likely N-dealkylation sites (N-methyl/N-ethyl adjacent to an activating group) is 1. The number of nitrogens with one attached hydrogen (secondary N) is 1. The van der Waals surface area contributed by atoms with E-state index in [9.17, 15) is 9.59 Å². The number of amides is 1. The molecule has 0 aliphatic heterocycles. The Bertz CT molecular complexity index is 1210. The van der Waals surface area contributed by atoms with Crippen LogP contribution in [0.15, 0.2) is 47.3 Å². The normalized spacial score (nSPS) is 10.7. The molecule has 0 aliphatic carbocycles. The van der Waals surface area contributed by atoms with Crippen molar-refractivity contribution in [2.24, 2.45) is 0 Å². The van der Waals surface area contributed by atoms with Gasteiger partial charge in [-0.05, 0) is 55.3 Å². The number of benzene rings is 2. The third-order valence-electron chi connectivity index (χ3n) is 5.78. The minimum atomic E-state index is -0.358. The smallest absolute Gasteiger partial charge is 0.273 e. The lowest BCUT2D eigenvalue weighted by atomic mass is 10.1.